The van der Waals surface area contributed by atoms with Crippen LogP contribution in [0.2, 0.25) is 5.02 Å². The van der Waals surface area contributed by atoms with Gasteiger partial charge in [-0.05, 0) is 41.3 Å². The third-order valence-electron chi connectivity index (χ3n) is 4.15. The van der Waals surface area contributed by atoms with Crippen molar-refractivity contribution in [2.45, 2.75) is 13.3 Å². The van der Waals surface area contributed by atoms with E-state index in [1.54, 1.807) is 0 Å². The molecule has 0 nitrogen and oxygen atoms in total. The number of halogens is 1. The SMILES string of the molecule is CCc1ccc(Cl)cc1-c1cccc2c1sc1ccccc12. The molecule has 0 fully saturated rings. The van der Waals surface area contributed by atoms with Crippen molar-refractivity contribution < 1.29 is 0 Å². The van der Waals surface area contributed by atoms with Crippen molar-refractivity contribution in [1.29, 1.82) is 0 Å². The molecule has 0 unspecified atom stereocenters. The number of hydrogen-bond donors (Lipinski definition) is 0. The molecule has 0 saturated carbocycles. The topological polar surface area (TPSA) is 0 Å². The van der Waals surface area contributed by atoms with E-state index in [0.29, 0.717) is 0 Å². The second kappa shape index (κ2) is 5.42. The maximum Gasteiger partial charge on any atom is 0.0433 e. The zero-order valence-corrected chi connectivity index (χ0v) is 13.8. The van der Waals surface area contributed by atoms with E-state index >= 15 is 0 Å². The number of rotatable bonds is 2. The van der Waals surface area contributed by atoms with Gasteiger partial charge in [-0.2, -0.15) is 0 Å². The van der Waals surface area contributed by atoms with Gasteiger partial charge in [-0.1, -0.05) is 61.0 Å². The Morgan fingerprint density at radius 2 is 1.68 bits per heavy atom. The Hall–Kier alpha value is -1.83. The molecule has 0 N–H and O–H groups in total. The molecule has 0 saturated heterocycles. The molecule has 0 aliphatic rings. The van der Waals surface area contributed by atoms with Gasteiger partial charge in [0, 0.05) is 25.2 Å². The average Bonchev–Trinajstić information content (AvgIpc) is 2.93. The summed E-state index contributed by atoms with van der Waals surface area (Å²) < 4.78 is 2.69. The molecule has 0 aliphatic carbocycles. The van der Waals surface area contributed by atoms with Crippen LogP contribution in [0.25, 0.3) is 31.3 Å². The minimum absolute atomic E-state index is 0.797. The molecule has 0 bridgehead atoms. The van der Waals surface area contributed by atoms with Crippen LogP contribution in [0.3, 0.4) is 0 Å². The Morgan fingerprint density at radius 1 is 0.864 bits per heavy atom. The van der Waals surface area contributed by atoms with E-state index in [9.17, 15) is 0 Å². The molecule has 3 aromatic carbocycles. The fraction of sp³-hybridized carbons (Fsp3) is 0.100. The molecular formula is C20H15ClS. The van der Waals surface area contributed by atoms with E-state index in [1.807, 2.05) is 17.4 Å². The van der Waals surface area contributed by atoms with E-state index in [2.05, 4.69) is 61.5 Å². The van der Waals surface area contributed by atoms with E-state index in [4.69, 9.17) is 11.6 Å². The lowest BCUT2D eigenvalue weighted by Gasteiger charge is -2.10. The predicted molar refractivity (Wildman–Crippen MR) is 99.2 cm³/mol. The van der Waals surface area contributed by atoms with Crippen LogP contribution in [0.15, 0.2) is 60.7 Å². The summed E-state index contributed by atoms with van der Waals surface area (Å²) in [5.41, 5.74) is 3.89. The summed E-state index contributed by atoms with van der Waals surface area (Å²) in [7, 11) is 0. The van der Waals surface area contributed by atoms with Gasteiger partial charge in [0.25, 0.3) is 0 Å². The van der Waals surface area contributed by atoms with Crippen molar-refractivity contribution >= 4 is 43.1 Å². The first-order chi connectivity index (χ1) is 10.8. The predicted octanol–water partition coefficient (Wildman–Crippen LogP) is 6.94. The van der Waals surface area contributed by atoms with Crippen molar-refractivity contribution in [3.8, 4) is 11.1 Å². The Kier molecular flexibility index (Phi) is 3.40. The van der Waals surface area contributed by atoms with Gasteiger partial charge in [-0.25, -0.2) is 0 Å². The second-order valence-corrected chi connectivity index (χ2v) is 6.92. The smallest absolute Gasteiger partial charge is 0.0433 e. The molecule has 0 radical (unpaired) electrons. The third kappa shape index (κ3) is 2.13. The number of thiophene rings is 1. The van der Waals surface area contributed by atoms with Crippen LogP contribution in [0.1, 0.15) is 12.5 Å². The molecule has 0 atom stereocenters. The maximum absolute atomic E-state index is 6.26. The Morgan fingerprint density at radius 3 is 2.55 bits per heavy atom. The van der Waals surface area contributed by atoms with Crippen LogP contribution < -0.4 is 0 Å². The zero-order valence-electron chi connectivity index (χ0n) is 12.3. The molecular weight excluding hydrogens is 308 g/mol. The molecule has 108 valence electrons. The lowest BCUT2D eigenvalue weighted by Crippen LogP contribution is -1.87. The van der Waals surface area contributed by atoms with Crippen LogP contribution in [0, 0.1) is 0 Å². The molecule has 0 amide bonds. The normalized spacial score (nSPS) is 11.4. The highest BCUT2D eigenvalue weighted by atomic mass is 35.5. The Labute approximate surface area is 139 Å². The van der Waals surface area contributed by atoms with Gasteiger partial charge in [0.05, 0.1) is 0 Å². The molecule has 22 heavy (non-hydrogen) atoms. The minimum atomic E-state index is 0.797. The highest BCUT2D eigenvalue weighted by molar-refractivity contribution is 7.26. The van der Waals surface area contributed by atoms with Gasteiger partial charge in [-0.15, -0.1) is 11.3 Å². The highest BCUT2D eigenvalue weighted by Crippen LogP contribution is 2.41. The van der Waals surface area contributed by atoms with Crippen LogP contribution >= 0.6 is 22.9 Å². The van der Waals surface area contributed by atoms with Gasteiger partial charge < -0.3 is 0 Å². The summed E-state index contributed by atoms with van der Waals surface area (Å²) in [5.74, 6) is 0. The molecule has 4 aromatic rings. The summed E-state index contributed by atoms with van der Waals surface area (Å²) in [6.07, 6.45) is 1.01. The van der Waals surface area contributed by atoms with Crippen LogP contribution in [0.5, 0.6) is 0 Å². The van der Waals surface area contributed by atoms with E-state index < -0.39 is 0 Å². The number of hydrogen-bond acceptors (Lipinski definition) is 1. The van der Waals surface area contributed by atoms with E-state index in [0.717, 1.165) is 11.4 Å². The van der Waals surface area contributed by atoms with Crippen molar-refractivity contribution in [3.63, 3.8) is 0 Å². The average molecular weight is 323 g/mol. The maximum atomic E-state index is 6.26. The van der Waals surface area contributed by atoms with Crippen molar-refractivity contribution in [3.05, 3.63) is 71.2 Å². The molecule has 4 rings (SSSR count). The summed E-state index contributed by atoms with van der Waals surface area (Å²) >= 11 is 8.12. The summed E-state index contributed by atoms with van der Waals surface area (Å²) in [6.45, 7) is 2.19. The highest BCUT2D eigenvalue weighted by Gasteiger charge is 2.12. The molecule has 1 heterocycles. The summed E-state index contributed by atoms with van der Waals surface area (Å²) in [4.78, 5) is 0. The van der Waals surface area contributed by atoms with Gasteiger partial charge in [0.1, 0.15) is 0 Å². The van der Waals surface area contributed by atoms with Gasteiger partial charge in [0.2, 0.25) is 0 Å². The molecule has 1 aromatic heterocycles. The van der Waals surface area contributed by atoms with E-state index in [-0.39, 0.29) is 0 Å². The first-order valence-corrected chi connectivity index (χ1v) is 8.66. The van der Waals surface area contributed by atoms with Gasteiger partial charge in [-0.3, -0.25) is 0 Å². The number of benzene rings is 3. The Bertz CT molecular complexity index is 982. The molecule has 2 heteroatoms. The first-order valence-electron chi connectivity index (χ1n) is 7.47. The third-order valence-corrected chi connectivity index (χ3v) is 5.60. The van der Waals surface area contributed by atoms with Crippen molar-refractivity contribution in [2.24, 2.45) is 0 Å². The van der Waals surface area contributed by atoms with Gasteiger partial charge >= 0.3 is 0 Å². The minimum Gasteiger partial charge on any atom is -0.135 e. The van der Waals surface area contributed by atoms with Gasteiger partial charge in [0.15, 0.2) is 0 Å². The van der Waals surface area contributed by atoms with E-state index in [1.165, 1.54) is 36.9 Å². The first kappa shape index (κ1) is 13.8. The lowest BCUT2D eigenvalue weighted by atomic mass is 9.97. The fourth-order valence-electron chi connectivity index (χ4n) is 3.07. The Balaban J connectivity index is 2.09. The van der Waals surface area contributed by atoms with Crippen molar-refractivity contribution in [1.82, 2.24) is 0 Å². The van der Waals surface area contributed by atoms with Crippen LogP contribution in [0.4, 0.5) is 0 Å². The molecule has 0 spiro atoms. The monoisotopic (exact) mass is 322 g/mol. The number of fused-ring (bicyclic) bond motifs is 3. The molecule has 0 aliphatic heterocycles. The quantitative estimate of drug-likeness (QED) is 0.375. The lowest BCUT2D eigenvalue weighted by molar-refractivity contribution is 1.14. The largest absolute Gasteiger partial charge is 0.135 e. The van der Waals surface area contributed by atoms with Crippen molar-refractivity contribution in [2.75, 3.05) is 0 Å². The van der Waals surface area contributed by atoms with Crippen LogP contribution in [-0.2, 0) is 6.42 Å². The second-order valence-electron chi connectivity index (χ2n) is 5.44. The number of aryl methyl sites for hydroxylation is 1. The summed E-state index contributed by atoms with van der Waals surface area (Å²) in [5, 5.41) is 3.47. The zero-order chi connectivity index (χ0) is 15.1. The van der Waals surface area contributed by atoms with Crippen LogP contribution in [-0.4, -0.2) is 0 Å². The standard InChI is InChI=1S/C20H15ClS/c1-2-13-10-11-14(21)12-18(13)17-8-5-7-16-15-6-3-4-9-19(15)22-20(16)17/h3-12H,2H2,1H3. The summed E-state index contributed by atoms with van der Waals surface area (Å²) in [6, 6.07) is 21.4. The fourth-order valence-corrected chi connectivity index (χ4v) is 4.47.